The number of rotatable bonds is 2. The van der Waals surface area contributed by atoms with Gasteiger partial charge in [-0.2, -0.15) is 4.99 Å². The molecule has 0 bridgehead atoms. The summed E-state index contributed by atoms with van der Waals surface area (Å²) in [6.45, 7) is -0.500. The Morgan fingerprint density at radius 1 is 1.41 bits per heavy atom. The SMILES string of the molecule is O=C=Nc1cc(OC2=NC=CCN2C(F)(F)F)c(Cl)cc1F. The molecule has 0 aromatic heterocycles. The van der Waals surface area contributed by atoms with Gasteiger partial charge in [0.1, 0.15) is 5.69 Å². The van der Waals surface area contributed by atoms with Gasteiger partial charge in [0.25, 0.3) is 0 Å². The van der Waals surface area contributed by atoms with E-state index >= 15 is 0 Å². The molecular formula is C12H6ClF4N3O2. The Morgan fingerprint density at radius 2 is 2.14 bits per heavy atom. The van der Waals surface area contributed by atoms with Crippen molar-refractivity contribution in [3.8, 4) is 5.75 Å². The average molecular weight is 336 g/mol. The standard InChI is InChI=1S/C12H6ClF4N3O2/c13-7-4-8(14)9(19-6-21)5-10(7)22-11-18-2-1-3-20(11)12(15,16)17/h1-2,4-5H,3H2. The van der Waals surface area contributed by atoms with Crippen LogP contribution in [-0.2, 0) is 4.79 Å². The molecule has 0 N–H and O–H groups in total. The Kier molecular flexibility index (Phi) is 4.48. The summed E-state index contributed by atoms with van der Waals surface area (Å²) in [4.78, 5) is 16.6. The van der Waals surface area contributed by atoms with Crippen LogP contribution in [0, 0.1) is 5.82 Å². The fraction of sp³-hybridized carbons (Fsp3) is 0.167. The first-order valence-corrected chi connectivity index (χ1v) is 6.02. The van der Waals surface area contributed by atoms with Crippen molar-refractivity contribution >= 4 is 29.4 Å². The van der Waals surface area contributed by atoms with Gasteiger partial charge in [0.15, 0.2) is 11.6 Å². The van der Waals surface area contributed by atoms with E-state index in [1.807, 2.05) is 0 Å². The van der Waals surface area contributed by atoms with Crippen molar-refractivity contribution in [2.24, 2.45) is 9.98 Å². The average Bonchev–Trinajstić information content (AvgIpc) is 2.43. The first kappa shape index (κ1) is 16.0. The summed E-state index contributed by atoms with van der Waals surface area (Å²) in [5.41, 5.74) is -0.472. The van der Waals surface area contributed by atoms with E-state index in [4.69, 9.17) is 16.3 Å². The highest BCUT2D eigenvalue weighted by molar-refractivity contribution is 6.32. The molecule has 2 rings (SSSR count). The first-order chi connectivity index (χ1) is 10.3. The third-order valence-corrected chi connectivity index (χ3v) is 2.78. The molecule has 0 aliphatic carbocycles. The van der Waals surface area contributed by atoms with Crippen molar-refractivity contribution in [3.63, 3.8) is 0 Å². The maximum Gasteiger partial charge on any atom is 0.488 e. The van der Waals surface area contributed by atoms with Gasteiger partial charge in [-0.05, 0) is 12.1 Å². The highest BCUT2D eigenvalue weighted by atomic mass is 35.5. The van der Waals surface area contributed by atoms with Crippen molar-refractivity contribution in [2.45, 2.75) is 6.30 Å². The molecular weight excluding hydrogens is 330 g/mol. The molecule has 22 heavy (non-hydrogen) atoms. The van der Waals surface area contributed by atoms with Crippen LogP contribution < -0.4 is 4.74 Å². The van der Waals surface area contributed by atoms with Crippen LogP contribution in [0.15, 0.2) is 34.4 Å². The number of hydrogen-bond acceptors (Lipinski definition) is 5. The van der Waals surface area contributed by atoms with Gasteiger partial charge >= 0.3 is 12.3 Å². The van der Waals surface area contributed by atoms with Gasteiger partial charge in [-0.25, -0.2) is 19.1 Å². The number of halogens is 5. The quantitative estimate of drug-likeness (QED) is 0.359. The van der Waals surface area contributed by atoms with Crippen LogP contribution in [0.5, 0.6) is 5.75 Å². The molecule has 0 radical (unpaired) electrons. The largest absolute Gasteiger partial charge is 0.488 e. The first-order valence-electron chi connectivity index (χ1n) is 5.65. The van der Waals surface area contributed by atoms with Crippen molar-refractivity contribution in [1.82, 2.24) is 4.90 Å². The second-order valence-corrected chi connectivity index (χ2v) is 4.32. The molecule has 1 aromatic rings. The normalized spacial score (nSPS) is 14.4. The van der Waals surface area contributed by atoms with Crippen molar-refractivity contribution in [1.29, 1.82) is 0 Å². The Balaban J connectivity index is 2.37. The molecule has 0 atom stereocenters. The molecule has 1 heterocycles. The monoisotopic (exact) mass is 335 g/mol. The number of aliphatic imine (C=N–C) groups is 2. The third kappa shape index (κ3) is 3.44. The zero-order chi connectivity index (χ0) is 16.3. The molecule has 1 aliphatic heterocycles. The van der Waals surface area contributed by atoms with Crippen molar-refractivity contribution in [2.75, 3.05) is 6.54 Å². The summed E-state index contributed by atoms with van der Waals surface area (Å²) in [6.07, 6.45) is -1.31. The molecule has 1 aliphatic rings. The third-order valence-electron chi connectivity index (χ3n) is 2.48. The minimum atomic E-state index is -4.72. The van der Waals surface area contributed by atoms with Crippen LogP contribution in [-0.4, -0.2) is 29.8 Å². The summed E-state index contributed by atoms with van der Waals surface area (Å²) in [5, 5.41) is -0.304. The highest BCUT2D eigenvalue weighted by Gasteiger charge is 2.41. The number of ether oxygens (including phenoxy) is 1. The predicted octanol–water partition coefficient (Wildman–Crippen LogP) is 3.53. The summed E-state index contributed by atoms with van der Waals surface area (Å²) in [5.74, 6) is -1.28. The van der Waals surface area contributed by atoms with E-state index in [1.165, 1.54) is 6.08 Å². The minimum absolute atomic E-state index is 0.0741. The number of carbonyl (C=O) groups excluding carboxylic acids is 1. The highest BCUT2D eigenvalue weighted by Crippen LogP contribution is 2.33. The smallest absolute Gasteiger partial charge is 0.424 e. The molecule has 1 aromatic carbocycles. The lowest BCUT2D eigenvalue weighted by atomic mass is 10.3. The zero-order valence-corrected chi connectivity index (χ0v) is 11.3. The van der Waals surface area contributed by atoms with Gasteiger partial charge in [0.05, 0.1) is 11.6 Å². The molecule has 0 fully saturated rings. The van der Waals surface area contributed by atoms with Crippen LogP contribution >= 0.6 is 11.6 Å². The number of hydrogen-bond donors (Lipinski definition) is 0. The number of amidine groups is 1. The molecule has 0 unspecified atom stereocenters. The lowest BCUT2D eigenvalue weighted by molar-refractivity contribution is -0.218. The van der Waals surface area contributed by atoms with E-state index in [0.29, 0.717) is 0 Å². The van der Waals surface area contributed by atoms with E-state index in [1.54, 1.807) is 0 Å². The fourth-order valence-corrected chi connectivity index (χ4v) is 1.73. The Labute approximate surface area is 126 Å². The lowest BCUT2D eigenvalue weighted by Crippen LogP contribution is -2.46. The number of alkyl halides is 3. The number of nitrogens with zero attached hydrogens (tertiary/aromatic N) is 3. The second kappa shape index (κ2) is 6.17. The molecule has 5 nitrogen and oxygen atoms in total. The summed E-state index contributed by atoms with van der Waals surface area (Å²) >= 11 is 5.70. The topological polar surface area (TPSA) is 54.3 Å². The summed E-state index contributed by atoms with van der Waals surface area (Å²) in [6, 6.07) is 0.840. The van der Waals surface area contributed by atoms with E-state index in [9.17, 15) is 22.4 Å². The van der Waals surface area contributed by atoms with Crippen LogP contribution in [0.1, 0.15) is 0 Å². The van der Waals surface area contributed by atoms with Gasteiger partial charge in [0.2, 0.25) is 6.08 Å². The van der Waals surface area contributed by atoms with Gasteiger partial charge < -0.3 is 4.74 Å². The van der Waals surface area contributed by atoms with Crippen molar-refractivity contribution in [3.05, 3.63) is 35.2 Å². The van der Waals surface area contributed by atoms with Crippen molar-refractivity contribution < 1.29 is 27.1 Å². The zero-order valence-electron chi connectivity index (χ0n) is 10.6. The number of isocyanates is 1. The number of benzene rings is 1. The van der Waals surface area contributed by atoms with E-state index in [2.05, 4.69) is 9.98 Å². The maximum absolute atomic E-state index is 13.4. The molecule has 0 saturated carbocycles. The van der Waals surface area contributed by atoms with Crippen LogP contribution in [0.4, 0.5) is 23.2 Å². The summed E-state index contributed by atoms with van der Waals surface area (Å²) in [7, 11) is 0. The van der Waals surface area contributed by atoms with Gasteiger partial charge in [-0.3, -0.25) is 0 Å². The molecule has 10 heteroatoms. The van der Waals surface area contributed by atoms with E-state index < -0.39 is 30.4 Å². The van der Waals surface area contributed by atoms with E-state index in [-0.39, 0.29) is 15.7 Å². The second-order valence-electron chi connectivity index (χ2n) is 3.91. The van der Waals surface area contributed by atoms with Gasteiger partial charge in [0, 0.05) is 12.3 Å². The fourth-order valence-electron chi connectivity index (χ4n) is 1.54. The lowest BCUT2D eigenvalue weighted by Gasteiger charge is -2.27. The van der Waals surface area contributed by atoms with Gasteiger partial charge in [-0.15, -0.1) is 13.2 Å². The Hall–Kier alpha value is -2.38. The maximum atomic E-state index is 13.4. The Morgan fingerprint density at radius 3 is 2.77 bits per heavy atom. The van der Waals surface area contributed by atoms with Gasteiger partial charge in [-0.1, -0.05) is 11.6 Å². The Bertz CT molecular complexity index is 696. The van der Waals surface area contributed by atoms with Crippen LogP contribution in [0.3, 0.4) is 0 Å². The molecule has 0 saturated heterocycles. The molecule has 0 amide bonds. The predicted molar refractivity (Wildman–Crippen MR) is 69.2 cm³/mol. The molecule has 0 spiro atoms. The molecule has 116 valence electrons. The van der Waals surface area contributed by atoms with Crippen LogP contribution in [0.2, 0.25) is 5.02 Å². The minimum Gasteiger partial charge on any atom is -0.424 e. The van der Waals surface area contributed by atoms with E-state index in [0.717, 1.165) is 24.4 Å². The van der Waals surface area contributed by atoms with Crippen LogP contribution in [0.25, 0.3) is 0 Å². The summed E-state index contributed by atoms with van der Waals surface area (Å²) < 4.78 is 56.9.